The van der Waals surface area contributed by atoms with E-state index in [1.807, 2.05) is 32.9 Å². The van der Waals surface area contributed by atoms with Crippen LogP contribution < -0.4 is 9.62 Å². The Bertz CT molecular complexity index is 837. The average Bonchev–Trinajstić information content (AvgIpc) is 2.61. The fourth-order valence-corrected chi connectivity index (χ4v) is 4.04. The summed E-state index contributed by atoms with van der Waals surface area (Å²) in [5.74, 6) is -0.0688. The van der Waals surface area contributed by atoms with Gasteiger partial charge in [-0.05, 0) is 71.8 Å². The van der Waals surface area contributed by atoms with Crippen LogP contribution in [0.5, 0.6) is 0 Å². The normalized spacial score (nSPS) is 12.7. The van der Waals surface area contributed by atoms with Crippen molar-refractivity contribution in [3.63, 3.8) is 0 Å². The van der Waals surface area contributed by atoms with Gasteiger partial charge in [-0.1, -0.05) is 32.0 Å². The highest BCUT2D eigenvalue weighted by molar-refractivity contribution is 14.1. The first kappa shape index (κ1) is 20.7. The summed E-state index contributed by atoms with van der Waals surface area (Å²) in [6, 6.07) is 15.2. The Morgan fingerprint density at radius 1 is 1.04 bits per heavy atom. The summed E-state index contributed by atoms with van der Waals surface area (Å²) in [5, 5.41) is 2.87. The van der Waals surface area contributed by atoms with E-state index in [0.29, 0.717) is 5.69 Å². The number of hydrogen-bond acceptors (Lipinski definition) is 3. The van der Waals surface area contributed by atoms with E-state index < -0.39 is 10.0 Å². The van der Waals surface area contributed by atoms with Crippen molar-refractivity contribution >= 4 is 44.2 Å². The first-order valence-electron chi connectivity index (χ1n) is 8.34. The van der Waals surface area contributed by atoms with Crippen LogP contribution in [0.1, 0.15) is 20.8 Å². The summed E-state index contributed by atoms with van der Waals surface area (Å²) in [5.41, 5.74) is 0.460. The lowest BCUT2D eigenvalue weighted by atomic mass is 10.1. The van der Waals surface area contributed by atoms with Gasteiger partial charge in [-0.2, -0.15) is 0 Å². The Balaban J connectivity index is 2.37. The zero-order valence-corrected chi connectivity index (χ0v) is 18.0. The van der Waals surface area contributed by atoms with Crippen molar-refractivity contribution in [2.45, 2.75) is 31.7 Å². The average molecular weight is 486 g/mol. The van der Waals surface area contributed by atoms with Crippen LogP contribution in [0.25, 0.3) is 0 Å². The first-order chi connectivity index (χ1) is 12.2. The van der Waals surface area contributed by atoms with E-state index in [1.54, 1.807) is 30.3 Å². The summed E-state index contributed by atoms with van der Waals surface area (Å²) in [6.07, 6.45) is 0. The molecule has 0 saturated heterocycles. The molecule has 0 aliphatic heterocycles. The van der Waals surface area contributed by atoms with Crippen molar-refractivity contribution in [3.8, 4) is 0 Å². The largest absolute Gasteiger partial charge is 0.352 e. The van der Waals surface area contributed by atoms with E-state index in [2.05, 4.69) is 27.9 Å². The number of carbonyl (C=O) groups excluding carboxylic acids is 1. The Labute approximate surface area is 169 Å². The lowest BCUT2D eigenvalue weighted by Gasteiger charge is -2.25. The summed E-state index contributed by atoms with van der Waals surface area (Å²) in [7, 11) is -3.85. The molecular weight excluding hydrogens is 463 g/mol. The summed E-state index contributed by atoms with van der Waals surface area (Å²) in [4.78, 5) is 12.6. The van der Waals surface area contributed by atoms with Crippen molar-refractivity contribution in [2.75, 3.05) is 10.8 Å². The van der Waals surface area contributed by atoms with Crippen molar-refractivity contribution in [3.05, 3.63) is 58.2 Å². The number of carbonyl (C=O) groups is 1. The lowest BCUT2D eigenvalue weighted by molar-refractivity contribution is -0.120. The van der Waals surface area contributed by atoms with Gasteiger partial charge in [-0.15, -0.1) is 0 Å². The molecule has 1 N–H and O–H groups in total. The van der Waals surface area contributed by atoms with Crippen molar-refractivity contribution in [1.29, 1.82) is 0 Å². The van der Waals surface area contributed by atoms with Crippen LogP contribution in [0, 0.1) is 9.49 Å². The smallest absolute Gasteiger partial charge is 0.264 e. The lowest BCUT2D eigenvalue weighted by Crippen LogP contribution is -2.45. The molecule has 0 saturated carbocycles. The van der Waals surface area contributed by atoms with Gasteiger partial charge in [0.1, 0.15) is 6.54 Å². The Hall–Kier alpha value is -1.61. The van der Waals surface area contributed by atoms with Crippen LogP contribution in [-0.2, 0) is 14.8 Å². The van der Waals surface area contributed by atoms with Gasteiger partial charge in [-0.3, -0.25) is 9.10 Å². The summed E-state index contributed by atoms with van der Waals surface area (Å²) >= 11 is 2.15. The van der Waals surface area contributed by atoms with Crippen molar-refractivity contribution in [2.24, 2.45) is 5.92 Å². The van der Waals surface area contributed by atoms with Crippen LogP contribution in [0.4, 0.5) is 5.69 Å². The molecule has 0 unspecified atom stereocenters. The zero-order valence-electron chi connectivity index (χ0n) is 15.0. The second-order valence-corrected chi connectivity index (χ2v) is 9.51. The molecule has 0 aliphatic carbocycles. The third-order valence-corrected chi connectivity index (χ3v) is 6.63. The molecule has 0 aliphatic rings. The zero-order chi connectivity index (χ0) is 19.3. The third kappa shape index (κ3) is 5.20. The highest BCUT2D eigenvalue weighted by atomic mass is 127. The van der Waals surface area contributed by atoms with Crippen molar-refractivity contribution in [1.82, 2.24) is 5.32 Å². The van der Waals surface area contributed by atoms with Gasteiger partial charge in [0, 0.05) is 9.61 Å². The molecule has 0 bridgehead atoms. The third-order valence-electron chi connectivity index (χ3n) is 4.12. The highest BCUT2D eigenvalue weighted by Crippen LogP contribution is 2.24. The number of rotatable bonds is 7. The van der Waals surface area contributed by atoms with Gasteiger partial charge in [0.05, 0.1) is 10.6 Å². The van der Waals surface area contributed by atoms with Crippen molar-refractivity contribution < 1.29 is 13.2 Å². The van der Waals surface area contributed by atoms with Crippen LogP contribution in [0.15, 0.2) is 59.5 Å². The van der Waals surface area contributed by atoms with E-state index in [4.69, 9.17) is 0 Å². The Morgan fingerprint density at radius 3 is 2.15 bits per heavy atom. The SMILES string of the molecule is CC(C)[C@@H](C)NC(=O)CN(c1ccc(I)cc1)S(=O)(=O)c1ccccc1. The van der Waals surface area contributed by atoms with Crippen LogP contribution in [0.3, 0.4) is 0 Å². The molecule has 7 heteroatoms. The minimum Gasteiger partial charge on any atom is -0.352 e. The molecule has 0 spiro atoms. The molecule has 26 heavy (non-hydrogen) atoms. The minimum absolute atomic E-state index is 0.0412. The molecule has 5 nitrogen and oxygen atoms in total. The Morgan fingerprint density at radius 2 is 1.62 bits per heavy atom. The number of halogens is 1. The predicted octanol–water partition coefficient (Wildman–Crippen LogP) is 3.65. The summed E-state index contributed by atoms with van der Waals surface area (Å²) < 4.78 is 28.4. The quantitative estimate of drug-likeness (QED) is 0.608. The van der Waals surface area contributed by atoms with Gasteiger partial charge in [-0.25, -0.2) is 8.42 Å². The second kappa shape index (κ2) is 8.85. The maximum Gasteiger partial charge on any atom is 0.264 e. The highest BCUT2D eigenvalue weighted by Gasteiger charge is 2.27. The molecule has 0 radical (unpaired) electrons. The molecule has 2 aromatic carbocycles. The number of benzene rings is 2. The van der Waals surface area contributed by atoms with E-state index in [-0.39, 0.29) is 29.3 Å². The monoisotopic (exact) mass is 486 g/mol. The maximum atomic E-state index is 13.1. The fraction of sp³-hybridized carbons (Fsp3) is 0.316. The number of amides is 1. The van der Waals surface area contributed by atoms with E-state index in [0.717, 1.165) is 7.88 Å². The van der Waals surface area contributed by atoms with Gasteiger partial charge in [0.15, 0.2) is 0 Å². The van der Waals surface area contributed by atoms with Gasteiger partial charge < -0.3 is 5.32 Å². The second-order valence-electron chi connectivity index (χ2n) is 6.40. The molecule has 140 valence electrons. The number of hydrogen-bond donors (Lipinski definition) is 1. The Kier molecular flexibility index (Phi) is 7.05. The topological polar surface area (TPSA) is 66.5 Å². The molecule has 1 amide bonds. The van der Waals surface area contributed by atoms with E-state index in [1.165, 1.54) is 12.1 Å². The van der Waals surface area contributed by atoms with Gasteiger partial charge in [0.2, 0.25) is 5.91 Å². The summed E-state index contributed by atoms with van der Waals surface area (Å²) in [6.45, 7) is 5.64. The number of nitrogens with one attached hydrogen (secondary N) is 1. The molecule has 0 fully saturated rings. The molecule has 2 rings (SSSR count). The van der Waals surface area contributed by atoms with E-state index in [9.17, 15) is 13.2 Å². The first-order valence-corrected chi connectivity index (χ1v) is 10.9. The molecule has 0 heterocycles. The number of nitrogens with zero attached hydrogens (tertiary/aromatic N) is 1. The molecular formula is C19H23IN2O3S. The van der Waals surface area contributed by atoms with Gasteiger partial charge in [0.25, 0.3) is 10.0 Å². The van der Waals surface area contributed by atoms with Crippen LogP contribution in [0.2, 0.25) is 0 Å². The number of anilines is 1. The minimum atomic E-state index is -3.85. The van der Waals surface area contributed by atoms with Gasteiger partial charge >= 0.3 is 0 Å². The maximum absolute atomic E-state index is 13.1. The van der Waals surface area contributed by atoms with E-state index >= 15 is 0 Å². The standard InChI is InChI=1S/C19H23IN2O3S/c1-14(2)15(3)21-19(23)13-22(17-11-9-16(20)10-12-17)26(24,25)18-7-5-4-6-8-18/h4-12,14-15H,13H2,1-3H3,(H,21,23)/t15-/m1/s1. The van der Waals surface area contributed by atoms with Crippen LogP contribution in [-0.4, -0.2) is 26.9 Å². The molecule has 2 aromatic rings. The number of sulfonamides is 1. The molecule has 1 atom stereocenters. The van der Waals surface area contributed by atoms with Crippen LogP contribution >= 0.6 is 22.6 Å². The fourth-order valence-electron chi connectivity index (χ4n) is 2.24. The molecule has 0 aromatic heterocycles. The predicted molar refractivity (Wildman–Crippen MR) is 113 cm³/mol.